The Balaban J connectivity index is 2.13. The molecule has 0 radical (unpaired) electrons. The summed E-state index contributed by atoms with van der Waals surface area (Å²) >= 11 is 3.34. The number of methoxy groups -OCH3 is 1. The fraction of sp³-hybridized carbons (Fsp3) is 0.364. The lowest BCUT2D eigenvalue weighted by molar-refractivity contribution is -0.163. The number of benzene rings is 1. The quantitative estimate of drug-likeness (QED) is 0.852. The average molecular weight is 286 g/mol. The van der Waals surface area contributed by atoms with Crippen molar-refractivity contribution in [3.63, 3.8) is 0 Å². The highest BCUT2D eigenvalue weighted by Gasteiger charge is 2.48. The van der Waals surface area contributed by atoms with Crippen LogP contribution in [0, 0.1) is 0 Å². The summed E-state index contributed by atoms with van der Waals surface area (Å²) in [5.41, 5.74) is -0.859. The monoisotopic (exact) mass is 285 g/mol. The van der Waals surface area contributed by atoms with Crippen molar-refractivity contribution in [3.05, 3.63) is 28.7 Å². The smallest absolute Gasteiger partial charge is 0.352 e. The second-order valence-corrected chi connectivity index (χ2v) is 4.56. The van der Waals surface area contributed by atoms with Gasteiger partial charge >= 0.3 is 5.97 Å². The van der Waals surface area contributed by atoms with E-state index in [0.29, 0.717) is 18.8 Å². The molecule has 0 aromatic heterocycles. The Hall–Kier alpha value is -1.07. The summed E-state index contributed by atoms with van der Waals surface area (Å²) in [6.45, 7) is 0.964. The minimum absolute atomic E-state index is 0.339. The normalized spacial score (nSPS) is 17.4. The largest absolute Gasteiger partial charge is 0.473 e. The number of rotatable bonds is 3. The number of hydrogen-bond donors (Lipinski definition) is 1. The molecule has 0 bridgehead atoms. The molecule has 1 aromatic rings. The Bertz CT molecular complexity index is 387. The molecule has 0 saturated carbocycles. The molecule has 0 amide bonds. The Morgan fingerprint density at radius 3 is 2.44 bits per heavy atom. The second kappa shape index (κ2) is 4.43. The van der Waals surface area contributed by atoms with Crippen LogP contribution in [0.5, 0.6) is 5.75 Å². The molecule has 1 aliphatic heterocycles. The van der Waals surface area contributed by atoms with E-state index in [1.807, 2.05) is 24.3 Å². The predicted molar refractivity (Wildman–Crippen MR) is 62.4 cm³/mol. The first kappa shape index (κ1) is 11.4. The van der Waals surface area contributed by atoms with Crippen LogP contribution in [0.2, 0.25) is 0 Å². The van der Waals surface area contributed by atoms with Gasteiger partial charge in [0.2, 0.25) is 5.60 Å². The van der Waals surface area contributed by atoms with Crippen molar-refractivity contribution >= 4 is 21.9 Å². The maximum absolute atomic E-state index is 11.6. The number of halogens is 1. The molecule has 86 valence electrons. The minimum atomic E-state index is -0.859. The van der Waals surface area contributed by atoms with E-state index < -0.39 is 5.60 Å². The third kappa shape index (κ3) is 2.05. The van der Waals surface area contributed by atoms with Crippen molar-refractivity contribution in [1.82, 2.24) is 5.32 Å². The highest BCUT2D eigenvalue weighted by molar-refractivity contribution is 9.10. The number of ether oxygens (including phenoxy) is 2. The summed E-state index contributed by atoms with van der Waals surface area (Å²) in [7, 11) is 1.37. The molecule has 4 nitrogen and oxygen atoms in total. The molecule has 1 aromatic carbocycles. The molecule has 1 heterocycles. The number of carbonyl (C=O) groups is 1. The fourth-order valence-corrected chi connectivity index (χ4v) is 1.79. The first-order valence-electron chi connectivity index (χ1n) is 4.90. The van der Waals surface area contributed by atoms with Crippen LogP contribution in [0.15, 0.2) is 28.7 Å². The standard InChI is InChI=1S/C11H12BrNO3/c1-15-10(14)11(6-13-7-11)16-9-4-2-8(12)3-5-9/h2-5,13H,6-7H2,1H3. The molecule has 1 N–H and O–H groups in total. The third-order valence-corrected chi connectivity index (χ3v) is 3.03. The molecule has 2 rings (SSSR count). The zero-order valence-corrected chi connectivity index (χ0v) is 10.4. The van der Waals surface area contributed by atoms with E-state index in [1.54, 1.807) is 0 Å². The molecule has 1 saturated heterocycles. The number of esters is 1. The maximum atomic E-state index is 11.6. The van der Waals surface area contributed by atoms with Gasteiger partial charge in [0.05, 0.1) is 7.11 Å². The molecule has 0 spiro atoms. The minimum Gasteiger partial charge on any atom is -0.473 e. The van der Waals surface area contributed by atoms with E-state index in [4.69, 9.17) is 9.47 Å². The van der Waals surface area contributed by atoms with Crippen molar-refractivity contribution < 1.29 is 14.3 Å². The SMILES string of the molecule is COC(=O)C1(Oc2ccc(Br)cc2)CNC1. The number of hydrogen-bond acceptors (Lipinski definition) is 4. The van der Waals surface area contributed by atoms with E-state index in [9.17, 15) is 4.79 Å². The maximum Gasteiger partial charge on any atom is 0.352 e. The zero-order valence-electron chi connectivity index (χ0n) is 8.83. The molecule has 16 heavy (non-hydrogen) atoms. The van der Waals surface area contributed by atoms with Gasteiger partial charge in [0, 0.05) is 17.6 Å². The number of carbonyl (C=O) groups excluding carboxylic acids is 1. The molecular formula is C11H12BrNO3. The van der Waals surface area contributed by atoms with Gasteiger partial charge in [-0.05, 0) is 24.3 Å². The van der Waals surface area contributed by atoms with Gasteiger partial charge in [0.15, 0.2) is 0 Å². The Morgan fingerprint density at radius 2 is 2.00 bits per heavy atom. The molecule has 1 fully saturated rings. The third-order valence-electron chi connectivity index (χ3n) is 2.51. The van der Waals surface area contributed by atoms with E-state index in [1.165, 1.54) is 7.11 Å². The Labute approximate surface area is 102 Å². The van der Waals surface area contributed by atoms with Crippen molar-refractivity contribution in [2.45, 2.75) is 5.60 Å². The predicted octanol–water partition coefficient (Wildman–Crippen LogP) is 1.34. The van der Waals surface area contributed by atoms with Crippen LogP contribution in [0.1, 0.15) is 0 Å². The topological polar surface area (TPSA) is 47.6 Å². The van der Waals surface area contributed by atoms with Gasteiger partial charge in [-0.2, -0.15) is 0 Å². The highest BCUT2D eigenvalue weighted by atomic mass is 79.9. The van der Waals surface area contributed by atoms with Crippen LogP contribution < -0.4 is 10.1 Å². The van der Waals surface area contributed by atoms with Crippen molar-refractivity contribution in [3.8, 4) is 5.75 Å². The molecular weight excluding hydrogens is 274 g/mol. The molecule has 0 unspecified atom stereocenters. The number of nitrogens with one attached hydrogen (secondary N) is 1. The first-order chi connectivity index (χ1) is 7.66. The zero-order chi connectivity index (χ0) is 11.6. The van der Waals surface area contributed by atoms with E-state index in [0.717, 1.165) is 4.47 Å². The van der Waals surface area contributed by atoms with Gasteiger partial charge in [-0.15, -0.1) is 0 Å². The van der Waals surface area contributed by atoms with Crippen LogP contribution in [0.25, 0.3) is 0 Å². The van der Waals surface area contributed by atoms with Gasteiger partial charge in [-0.25, -0.2) is 4.79 Å². The van der Waals surface area contributed by atoms with Crippen LogP contribution in [0.3, 0.4) is 0 Å². The van der Waals surface area contributed by atoms with Crippen LogP contribution in [0.4, 0.5) is 0 Å². The van der Waals surface area contributed by atoms with E-state index in [-0.39, 0.29) is 5.97 Å². The van der Waals surface area contributed by atoms with Gasteiger partial charge in [0.1, 0.15) is 5.75 Å². The lowest BCUT2D eigenvalue weighted by Crippen LogP contribution is -2.68. The van der Waals surface area contributed by atoms with E-state index in [2.05, 4.69) is 21.2 Å². The molecule has 5 heteroatoms. The fourth-order valence-electron chi connectivity index (χ4n) is 1.52. The lowest BCUT2D eigenvalue weighted by Gasteiger charge is -2.39. The van der Waals surface area contributed by atoms with Crippen molar-refractivity contribution in [2.24, 2.45) is 0 Å². The summed E-state index contributed by atoms with van der Waals surface area (Å²) in [5.74, 6) is 0.323. The van der Waals surface area contributed by atoms with E-state index >= 15 is 0 Å². The van der Waals surface area contributed by atoms with Gasteiger partial charge in [0.25, 0.3) is 0 Å². The van der Waals surface area contributed by atoms with Crippen molar-refractivity contribution in [1.29, 1.82) is 0 Å². The Kier molecular flexibility index (Phi) is 3.16. The lowest BCUT2D eigenvalue weighted by atomic mass is 9.97. The summed E-state index contributed by atoms with van der Waals surface area (Å²) in [6.07, 6.45) is 0. The summed E-state index contributed by atoms with van der Waals surface area (Å²) < 4.78 is 11.4. The second-order valence-electron chi connectivity index (χ2n) is 3.65. The van der Waals surface area contributed by atoms with Crippen LogP contribution in [-0.4, -0.2) is 31.8 Å². The van der Waals surface area contributed by atoms with Gasteiger partial charge in [-0.3, -0.25) is 0 Å². The molecule has 0 atom stereocenters. The molecule has 0 aliphatic carbocycles. The average Bonchev–Trinajstić information content (AvgIpc) is 2.25. The van der Waals surface area contributed by atoms with Crippen molar-refractivity contribution in [2.75, 3.05) is 20.2 Å². The summed E-state index contributed by atoms with van der Waals surface area (Å²) in [5, 5.41) is 3.01. The molecule has 1 aliphatic rings. The van der Waals surface area contributed by atoms with Gasteiger partial charge < -0.3 is 14.8 Å². The Morgan fingerprint density at radius 1 is 1.38 bits per heavy atom. The summed E-state index contributed by atoms with van der Waals surface area (Å²) in [6, 6.07) is 7.36. The van der Waals surface area contributed by atoms with Gasteiger partial charge in [-0.1, -0.05) is 15.9 Å². The highest BCUT2D eigenvalue weighted by Crippen LogP contribution is 2.24. The van der Waals surface area contributed by atoms with Crippen LogP contribution >= 0.6 is 15.9 Å². The first-order valence-corrected chi connectivity index (χ1v) is 5.69. The van der Waals surface area contributed by atoms with Crippen LogP contribution in [-0.2, 0) is 9.53 Å². The summed E-state index contributed by atoms with van der Waals surface area (Å²) in [4.78, 5) is 11.6.